The van der Waals surface area contributed by atoms with Crippen LogP contribution in [0.2, 0.25) is 0 Å². The molecule has 0 radical (unpaired) electrons. The monoisotopic (exact) mass is 418 g/mol. The molecule has 0 bridgehead atoms. The van der Waals surface area contributed by atoms with Gasteiger partial charge in [-0.3, -0.25) is 13.9 Å². The molecule has 0 saturated heterocycles. The molecule has 3 aromatic heterocycles. The van der Waals surface area contributed by atoms with E-state index in [2.05, 4.69) is 20.1 Å². The summed E-state index contributed by atoms with van der Waals surface area (Å²) in [6.45, 7) is 12.0. The van der Waals surface area contributed by atoms with E-state index in [0.717, 1.165) is 4.57 Å². The summed E-state index contributed by atoms with van der Waals surface area (Å²) < 4.78 is 7.80. The SMILES string of the molecule is Cn1c(=O)c2c(SCc3nc(C(C)(C)C)no3)nc(C(C)(C)C)nc2n(C)c1=O. The Morgan fingerprint density at radius 2 is 1.52 bits per heavy atom. The second-order valence-electron chi connectivity index (χ2n) is 9.06. The van der Waals surface area contributed by atoms with Crippen molar-refractivity contribution in [2.45, 2.75) is 63.2 Å². The van der Waals surface area contributed by atoms with Gasteiger partial charge in [-0.2, -0.15) is 4.98 Å². The van der Waals surface area contributed by atoms with E-state index in [4.69, 9.17) is 4.52 Å². The first-order valence-electron chi connectivity index (χ1n) is 9.25. The number of thioether (sulfide) groups is 1. The minimum Gasteiger partial charge on any atom is -0.338 e. The highest BCUT2D eigenvalue weighted by atomic mass is 32.2. The molecule has 0 aliphatic heterocycles. The first kappa shape index (κ1) is 21.2. The first-order valence-corrected chi connectivity index (χ1v) is 10.2. The Balaban J connectivity index is 2.14. The molecule has 0 unspecified atom stereocenters. The standard InChI is InChI=1S/C19H26N6O3S/c1-18(2,3)15-21-12-11(14(26)25(8)17(27)24(12)7)13(22-15)29-9-10-20-16(23-28-10)19(4,5)6/h9H2,1-8H3. The smallest absolute Gasteiger partial charge is 0.332 e. The van der Waals surface area contributed by atoms with Crippen LogP contribution < -0.4 is 11.2 Å². The predicted molar refractivity (Wildman–Crippen MR) is 111 cm³/mol. The minimum absolute atomic E-state index is 0.221. The molecular weight excluding hydrogens is 392 g/mol. The van der Waals surface area contributed by atoms with Gasteiger partial charge in [0.1, 0.15) is 16.2 Å². The Kier molecular flexibility index (Phi) is 5.18. The van der Waals surface area contributed by atoms with Crippen molar-refractivity contribution < 1.29 is 4.52 Å². The summed E-state index contributed by atoms with van der Waals surface area (Å²) in [5.74, 6) is 1.97. The third-order valence-electron chi connectivity index (χ3n) is 4.41. The first-order chi connectivity index (χ1) is 13.3. The molecule has 3 aromatic rings. The summed E-state index contributed by atoms with van der Waals surface area (Å²) in [5.41, 5.74) is -1.11. The normalized spacial score (nSPS) is 12.7. The number of hydrogen-bond donors (Lipinski definition) is 0. The zero-order valence-electron chi connectivity index (χ0n) is 18.0. The van der Waals surface area contributed by atoms with Crippen molar-refractivity contribution in [2.24, 2.45) is 14.1 Å². The molecular formula is C19H26N6O3S. The van der Waals surface area contributed by atoms with Gasteiger partial charge < -0.3 is 4.52 Å². The van der Waals surface area contributed by atoms with Gasteiger partial charge in [0.25, 0.3) is 5.56 Å². The van der Waals surface area contributed by atoms with Crippen molar-refractivity contribution in [3.05, 3.63) is 38.4 Å². The summed E-state index contributed by atoms with van der Waals surface area (Å²) in [4.78, 5) is 38.8. The van der Waals surface area contributed by atoms with Crippen LogP contribution in [-0.4, -0.2) is 29.2 Å². The van der Waals surface area contributed by atoms with Crippen LogP contribution >= 0.6 is 11.8 Å². The molecule has 0 spiro atoms. The molecule has 0 fully saturated rings. The molecule has 156 valence electrons. The van der Waals surface area contributed by atoms with Crippen LogP contribution in [0.5, 0.6) is 0 Å². The van der Waals surface area contributed by atoms with E-state index in [9.17, 15) is 9.59 Å². The van der Waals surface area contributed by atoms with Gasteiger partial charge in [-0.15, -0.1) is 0 Å². The van der Waals surface area contributed by atoms with Crippen molar-refractivity contribution in [2.75, 3.05) is 0 Å². The lowest BCUT2D eigenvalue weighted by Gasteiger charge is -2.19. The molecule has 0 aliphatic rings. The zero-order chi connectivity index (χ0) is 21.7. The number of aryl methyl sites for hydroxylation is 1. The van der Waals surface area contributed by atoms with E-state index in [1.807, 2.05) is 41.5 Å². The van der Waals surface area contributed by atoms with Crippen LogP contribution in [0, 0.1) is 0 Å². The highest BCUT2D eigenvalue weighted by molar-refractivity contribution is 7.98. The summed E-state index contributed by atoms with van der Waals surface area (Å²) >= 11 is 1.32. The van der Waals surface area contributed by atoms with E-state index in [-0.39, 0.29) is 10.8 Å². The predicted octanol–water partition coefficient (Wildman–Crippen LogP) is 2.30. The van der Waals surface area contributed by atoms with Crippen LogP contribution in [0.4, 0.5) is 0 Å². The van der Waals surface area contributed by atoms with Crippen molar-refractivity contribution in [1.82, 2.24) is 29.2 Å². The highest BCUT2D eigenvalue weighted by Gasteiger charge is 2.25. The summed E-state index contributed by atoms with van der Waals surface area (Å²) in [5, 5.41) is 4.83. The van der Waals surface area contributed by atoms with Crippen LogP contribution in [0.3, 0.4) is 0 Å². The molecule has 0 aromatic carbocycles. The Bertz CT molecular complexity index is 1190. The zero-order valence-corrected chi connectivity index (χ0v) is 18.8. The minimum atomic E-state index is -0.427. The molecule has 9 nitrogen and oxygen atoms in total. The van der Waals surface area contributed by atoms with Gasteiger partial charge in [-0.1, -0.05) is 58.5 Å². The van der Waals surface area contributed by atoms with Gasteiger partial charge in [0.2, 0.25) is 5.89 Å². The molecule has 0 saturated carbocycles. The third-order valence-corrected chi connectivity index (χ3v) is 5.37. The summed E-state index contributed by atoms with van der Waals surface area (Å²) in [6, 6.07) is 0. The van der Waals surface area contributed by atoms with E-state index in [1.54, 1.807) is 7.05 Å². The highest BCUT2D eigenvalue weighted by Crippen LogP contribution is 2.29. The molecule has 3 rings (SSSR count). The fourth-order valence-electron chi connectivity index (χ4n) is 2.62. The van der Waals surface area contributed by atoms with Gasteiger partial charge in [-0.25, -0.2) is 14.8 Å². The molecule has 0 aliphatic carbocycles. The maximum absolute atomic E-state index is 12.8. The molecule has 10 heteroatoms. The van der Waals surface area contributed by atoms with E-state index < -0.39 is 11.2 Å². The van der Waals surface area contributed by atoms with Crippen molar-refractivity contribution in [3.8, 4) is 0 Å². The molecule has 29 heavy (non-hydrogen) atoms. The van der Waals surface area contributed by atoms with Crippen LogP contribution in [0.25, 0.3) is 11.0 Å². The lowest BCUT2D eigenvalue weighted by atomic mass is 9.96. The topological polar surface area (TPSA) is 109 Å². The molecule has 0 atom stereocenters. The molecule has 3 heterocycles. The Hall–Kier alpha value is -2.49. The fourth-order valence-corrected chi connectivity index (χ4v) is 3.47. The average molecular weight is 419 g/mol. The van der Waals surface area contributed by atoms with Crippen LogP contribution in [-0.2, 0) is 30.7 Å². The number of hydrogen-bond acceptors (Lipinski definition) is 8. The van der Waals surface area contributed by atoms with E-state index >= 15 is 0 Å². The number of fused-ring (bicyclic) bond motifs is 1. The lowest BCUT2D eigenvalue weighted by molar-refractivity contribution is 0.373. The van der Waals surface area contributed by atoms with Gasteiger partial charge >= 0.3 is 5.69 Å². The Labute approximate surface area is 172 Å². The molecule has 0 amide bonds. The number of aromatic nitrogens is 6. The van der Waals surface area contributed by atoms with Crippen molar-refractivity contribution in [3.63, 3.8) is 0 Å². The Morgan fingerprint density at radius 1 is 0.897 bits per heavy atom. The summed E-state index contributed by atoms with van der Waals surface area (Å²) in [6.07, 6.45) is 0. The van der Waals surface area contributed by atoms with Crippen molar-refractivity contribution >= 4 is 22.8 Å². The van der Waals surface area contributed by atoms with Gasteiger partial charge in [0.15, 0.2) is 11.5 Å². The quantitative estimate of drug-likeness (QED) is 0.471. The maximum Gasteiger partial charge on any atom is 0.332 e. The average Bonchev–Trinajstić information content (AvgIpc) is 3.10. The largest absolute Gasteiger partial charge is 0.338 e. The maximum atomic E-state index is 12.8. The van der Waals surface area contributed by atoms with E-state index in [1.165, 1.54) is 23.4 Å². The van der Waals surface area contributed by atoms with Crippen LogP contribution in [0.1, 0.15) is 59.1 Å². The second-order valence-corrected chi connectivity index (χ2v) is 10.0. The summed E-state index contributed by atoms with van der Waals surface area (Å²) in [7, 11) is 3.05. The number of rotatable bonds is 3. The van der Waals surface area contributed by atoms with Gasteiger partial charge in [0.05, 0.1) is 5.75 Å². The number of nitrogens with zero attached hydrogens (tertiary/aromatic N) is 6. The lowest BCUT2D eigenvalue weighted by Crippen LogP contribution is -2.38. The van der Waals surface area contributed by atoms with Gasteiger partial charge in [0, 0.05) is 24.9 Å². The third kappa shape index (κ3) is 3.98. The Morgan fingerprint density at radius 3 is 2.07 bits per heavy atom. The fraction of sp³-hybridized carbons (Fsp3) is 0.579. The van der Waals surface area contributed by atoms with Gasteiger partial charge in [-0.05, 0) is 0 Å². The van der Waals surface area contributed by atoms with E-state index in [0.29, 0.717) is 39.4 Å². The van der Waals surface area contributed by atoms with Crippen LogP contribution in [0.15, 0.2) is 19.1 Å². The van der Waals surface area contributed by atoms with Crippen molar-refractivity contribution in [1.29, 1.82) is 0 Å². The molecule has 0 N–H and O–H groups in total. The second kappa shape index (κ2) is 7.08.